The maximum atomic E-state index is 13.2. The Morgan fingerprint density at radius 3 is 2.43 bits per heavy atom. The molecule has 1 fully saturated rings. The molecule has 1 atom stereocenters. The van der Waals surface area contributed by atoms with Gasteiger partial charge in [-0.2, -0.15) is 0 Å². The number of hydrogen-bond donors (Lipinski definition) is 2. The van der Waals surface area contributed by atoms with Gasteiger partial charge in [-0.1, -0.05) is 32.0 Å². The Morgan fingerprint density at radius 2 is 1.83 bits per heavy atom. The third-order valence-electron chi connectivity index (χ3n) is 5.45. The quantitative estimate of drug-likeness (QED) is 0.731. The zero-order chi connectivity index (χ0) is 21.5. The number of nitrogens with zero attached hydrogens (tertiary/aromatic N) is 2. The van der Waals surface area contributed by atoms with E-state index in [1.54, 1.807) is 30.5 Å². The van der Waals surface area contributed by atoms with Gasteiger partial charge in [-0.3, -0.25) is 14.5 Å². The van der Waals surface area contributed by atoms with Crippen LogP contribution in [-0.2, 0) is 9.59 Å². The average molecular weight is 413 g/mol. The van der Waals surface area contributed by atoms with Crippen molar-refractivity contribution in [3.63, 3.8) is 0 Å². The van der Waals surface area contributed by atoms with Crippen molar-refractivity contribution < 1.29 is 14.0 Å². The zero-order valence-corrected chi connectivity index (χ0v) is 17.5. The number of benzene rings is 1. The van der Waals surface area contributed by atoms with Crippen molar-refractivity contribution in [2.24, 2.45) is 11.8 Å². The molecule has 0 saturated carbocycles. The molecule has 30 heavy (non-hydrogen) atoms. The molecule has 160 valence electrons. The van der Waals surface area contributed by atoms with Crippen LogP contribution in [0, 0.1) is 17.7 Å². The molecule has 1 aromatic heterocycles. The van der Waals surface area contributed by atoms with Crippen LogP contribution in [0.25, 0.3) is 0 Å². The van der Waals surface area contributed by atoms with Crippen LogP contribution in [0.15, 0.2) is 48.7 Å². The van der Waals surface area contributed by atoms with E-state index in [1.165, 1.54) is 12.1 Å². The SMILES string of the molecule is CC(C)C(NC(=O)CN1CCC(C(=O)Nc2ccccn2)CC1)c1ccc(F)cc1. The molecular weight excluding hydrogens is 383 g/mol. The van der Waals surface area contributed by atoms with Gasteiger partial charge in [-0.15, -0.1) is 0 Å². The highest BCUT2D eigenvalue weighted by Crippen LogP contribution is 2.23. The first-order chi connectivity index (χ1) is 14.4. The van der Waals surface area contributed by atoms with Gasteiger partial charge >= 0.3 is 0 Å². The highest BCUT2D eigenvalue weighted by atomic mass is 19.1. The van der Waals surface area contributed by atoms with E-state index in [0.29, 0.717) is 38.3 Å². The monoisotopic (exact) mass is 412 g/mol. The van der Waals surface area contributed by atoms with Crippen LogP contribution in [-0.4, -0.2) is 41.3 Å². The molecule has 0 spiro atoms. The van der Waals surface area contributed by atoms with Crippen LogP contribution in [0.5, 0.6) is 0 Å². The summed E-state index contributed by atoms with van der Waals surface area (Å²) in [4.78, 5) is 31.2. The molecule has 7 heteroatoms. The van der Waals surface area contributed by atoms with Gasteiger partial charge < -0.3 is 10.6 Å². The Bertz CT molecular complexity index is 834. The van der Waals surface area contributed by atoms with Crippen molar-refractivity contribution in [2.45, 2.75) is 32.7 Å². The molecule has 1 aliphatic heterocycles. The summed E-state index contributed by atoms with van der Waals surface area (Å²) in [7, 11) is 0. The molecule has 2 amide bonds. The van der Waals surface area contributed by atoms with E-state index in [1.807, 2.05) is 19.9 Å². The molecule has 0 aliphatic carbocycles. The largest absolute Gasteiger partial charge is 0.348 e. The van der Waals surface area contributed by atoms with Gasteiger partial charge in [-0.05, 0) is 61.7 Å². The van der Waals surface area contributed by atoms with Crippen LogP contribution in [0.3, 0.4) is 0 Å². The summed E-state index contributed by atoms with van der Waals surface area (Å²) in [5, 5.41) is 5.93. The van der Waals surface area contributed by atoms with Crippen LogP contribution in [0.1, 0.15) is 38.3 Å². The molecule has 2 heterocycles. The smallest absolute Gasteiger partial charge is 0.234 e. The van der Waals surface area contributed by atoms with Gasteiger partial charge in [0.1, 0.15) is 11.6 Å². The van der Waals surface area contributed by atoms with Crippen LogP contribution < -0.4 is 10.6 Å². The lowest BCUT2D eigenvalue weighted by Gasteiger charge is -2.31. The van der Waals surface area contributed by atoms with E-state index in [2.05, 4.69) is 20.5 Å². The normalized spacial score (nSPS) is 16.3. The fourth-order valence-corrected chi connectivity index (χ4v) is 3.75. The standard InChI is InChI=1S/C23H29FN4O2/c1-16(2)22(17-6-8-19(24)9-7-17)27-21(29)15-28-13-10-18(11-14-28)23(30)26-20-5-3-4-12-25-20/h3-9,12,16,18,22H,10-11,13-15H2,1-2H3,(H,27,29)(H,25,26,30). The minimum absolute atomic E-state index is 0.0195. The fraction of sp³-hybridized carbons (Fsp3) is 0.435. The Morgan fingerprint density at radius 1 is 1.13 bits per heavy atom. The molecule has 0 radical (unpaired) electrons. The predicted molar refractivity (Wildman–Crippen MR) is 114 cm³/mol. The van der Waals surface area contributed by atoms with Gasteiger partial charge in [-0.25, -0.2) is 9.37 Å². The van der Waals surface area contributed by atoms with E-state index < -0.39 is 0 Å². The third kappa shape index (κ3) is 6.10. The number of nitrogens with one attached hydrogen (secondary N) is 2. The van der Waals surface area contributed by atoms with Gasteiger partial charge in [0.05, 0.1) is 12.6 Å². The second-order valence-electron chi connectivity index (χ2n) is 8.10. The van der Waals surface area contributed by atoms with Crippen LogP contribution >= 0.6 is 0 Å². The number of rotatable bonds is 7. The average Bonchev–Trinajstić information content (AvgIpc) is 2.74. The number of likely N-dealkylation sites (tertiary alicyclic amines) is 1. The van der Waals surface area contributed by atoms with E-state index in [0.717, 1.165) is 5.56 Å². The summed E-state index contributed by atoms with van der Waals surface area (Å²) in [6, 6.07) is 11.5. The van der Waals surface area contributed by atoms with E-state index in [4.69, 9.17) is 0 Å². The predicted octanol–water partition coefficient (Wildman–Crippen LogP) is 3.38. The first kappa shape index (κ1) is 21.9. The second-order valence-corrected chi connectivity index (χ2v) is 8.10. The number of aromatic nitrogens is 1. The van der Waals surface area contributed by atoms with Crippen molar-refractivity contribution in [2.75, 3.05) is 25.0 Å². The molecule has 1 aromatic carbocycles. The minimum atomic E-state index is -0.289. The summed E-state index contributed by atoms with van der Waals surface area (Å²) in [6.07, 6.45) is 3.06. The van der Waals surface area contributed by atoms with E-state index in [9.17, 15) is 14.0 Å². The molecule has 3 rings (SSSR count). The highest BCUT2D eigenvalue weighted by molar-refractivity contribution is 5.91. The number of carbonyl (C=O) groups is 2. The summed E-state index contributed by atoms with van der Waals surface area (Å²) in [6.45, 7) is 5.73. The van der Waals surface area contributed by atoms with Crippen LogP contribution in [0.2, 0.25) is 0 Å². The van der Waals surface area contributed by atoms with Crippen LogP contribution in [0.4, 0.5) is 10.2 Å². The van der Waals surface area contributed by atoms with Crippen molar-refractivity contribution in [1.82, 2.24) is 15.2 Å². The topological polar surface area (TPSA) is 74.3 Å². The first-order valence-electron chi connectivity index (χ1n) is 10.4. The third-order valence-corrected chi connectivity index (χ3v) is 5.45. The lowest BCUT2D eigenvalue weighted by molar-refractivity contribution is -0.124. The number of hydrogen-bond acceptors (Lipinski definition) is 4. The maximum Gasteiger partial charge on any atom is 0.234 e. The van der Waals surface area contributed by atoms with Crippen molar-refractivity contribution >= 4 is 17.6 Å². The Labute approximate surface area is 176 Å². The summed E-state index contributed by atoms with van der Waals surface area (Å²) in [5.41, 5.74) is 0.893. The van der Waals surface area contributed by atoms with Gasteiger partial charge in [0.2, 0.25) is 11.8 Å². The minimum Gasteiger partial charge on any atom is -0.348 e. The molecular formula is C23H29FN4O2. The Balaban J connectivity index is 1.47. The number of amides is 2. The van der Waals surface area contributed by atoms with Gasteiger partial charge in [0.25, 0.3) is 0 Å². The molecule has 1 unspecified atom stereocenters. The number of carbonyl (C=O) groups excluding carboxylic acids is 2. The van der Waals surface area contributed by atoms with Crippen molar-refractivity contribution in [3.05, 3.63) is 60.0 Å². The number of pyridine rings is 1. The summed E-state index contributed by atoms with van der Waals surface area (Å²) < 4.78 is 13.2. The molecule has 2 N–H and O–H groups in total. The lowest BCUT2D eigenvalue weighted by Crippen LogP contribution is -2.44. The zero-order valence-electron chi connectivity index (χ0n) is 17.5. The lowest BCUT2D eigenvalue weighted by atomic mass is 9.95. The highest BCUT2D eigenvalue weighted by Gasteiger charge is 2.27. The van der Waals surface area contributed by atoms with Crippen molar-refractivity contribution in [3.8, 4) is 0 Å². The van der Waals surface area contributed by atoms with Crippen molar-refractivity contribution in [1.29, 1.82) is 0 Å². The molecule has 1 aliphatic rings. The summed E-state index contributed by atoms with van der Waals surface area (Å²) in [5.74, 6) is 0.296. The number of anilines is 1. The Kier molecular flexibility index (Phi) is 7.52. The van der Waals surface area contributed by atoms with Gasteiger partial charge in [0, 0.05) is 12.1 Å². The molecule has 0 bridgehead atoms. The molecule has 1 saturated heterocycles. The van der Waals surface area contributed by atoms with E-state index in [-0.39, 0.29) is 35.5 Å². The molecule has 6 nitrogen and oxygen atoms in total. The van der Waals surface area contributed by atoms with E-state index >= 15 is 0 Å². The molecule has 2 aromatic rings. The maximum absolute atomic E-state index is 13.2. The Hall–Kier alpha value is -2.80. The summed E-state index contributed by atoms with van der Waals surface area (Å²) >= 11 is 0. The number of piperidine rings is 1. The first-order valence-corrected chi connectivity index (χ1v) is 10.4. The van der Waals surface area contributed by atoms with Gasteiger partial charge in [0.15, 0.2) is 0 Å². The second kappa shape index (κ2) is 10.3. The fourth-order valence-electron chi connectivity index (χ4n) is 3.75. The number of halogens is 1.